The molecule has 0 bridgehead atoms. The molecule has 0 saturated carbocycles. The van der Waals surface area contributed by atoms with Crippen LogP contribution in [0.5, 0.6) is 5.75 Å². The highest BCUT2D eigenvalue weighted by Crippen LogP contribution is 2.20. The van der Waals surface area contributed by atoms with Gasteiger partial charge in [-0.25, -0.2) is 0 Å². The summed E-state index contributed by atoms with van der Waals surface area (Å²) in [5.41, 5.74) is 1.05. The largest absolute Gasteiger partial charge is 0.493 e. The van der Waals surface area contributed by atoms with Crippen LogP contribution >= 0.6 is 24.0 Å². The SMILES string of the molecule is CN=C(NCc1cccc(OCC(C)C)c1)NC1CCN(CC(F)(F)F)C1.I. The van der Waals surface area contributed by atoms with Crippen molar-refractivity contribution in [3.63, 3.8) is 0 Å². The number of hydrogen-bond donors (Lipinski definition) is 2. The third-order valence-electron chi connectivity index (χ3n) is 4.18. The van der Waals surface area contributed by atoms with Gasteiger partial charge in [0.25, 0.3) is 0 Å². The molecule has 0 radical (unpaired) electrons. The minimum Gasteiger partial charge on any atom is -0.493 e. The van der Waals surface area contributed by atoms with E-state index >= 15 is 0 Å². The van der Waals surface area contributed by atoms with E-state index in [0.29, 0.717) is 44.5 Å². The summed E-state index contributed by atoms with van der Waals surface area (Å²) >= 11 is 0. The number of nitrogens with zero attached hydrogens (tertiary/aromatic N) is 2. The first-order valence-electron chi connectivity index (χ1n) is 9.23. The van der Waals surface area contributed by atoms with E-state index in [0.717, 1.165) is 11.3 Å². The highest BCUT2D eigenvalue weighted by Gasteiger charge is 2.34. The minimum atomic E-state index is -4.16. The van der Waals surface area contributed by atoms with E-state index in [1.165, 1.54) is 4.90 Å². The van der Waals surface area contributed by atoms with E-state index in [2.05, 4.69) is 29.5 Å². The number of hydrogen-bond acceptors (Lipinski definition) is 3. The van der Waals surface area contributed by atoms with Crippen LogP contribution in [0.4, 0.5) is 13.2 Å². The van der Waals surface area contributed by atoms with Crippen LogP contribution in [0.25, 0.3) is 0 Å². The molecule has 2 N–H and O–H groups in total. The molecule has 1 heterocycles. The Morgan fingerprint density at radius 2 is 2.11 bits per heavy atom. The molecule has 5 nitrogen and oxygen atoms in total. The Labute approximate surface area is 182 Å². The summed E-state index contributed by atoms with van der Waals surface area (Å²) in [6.45, 7) is 5.34. The summed E-state index contributed by atoms with van der Waals surface area (Å²) in [6, 6.07) is 7.79. The van der Waals surface area contributed by atoms with Crippen LogP contribution in [0.2, 0.25) is 0 Å². The first-order chi connectivity index (χ1) is 12.7. The molecule has 9 heteroatoms. The Morgan fingerprint density at radius 3 is 2.75 bits per heavy atom. The fourth-order valence-corrected chi connectivity index (χ4v) is 2.93. The number of likely N-dealkylation sites (tertiary alicyclic amines) is 1. The van der Waals surface area contributed by atoms with Gasteiger partial charge in [-0.1, -0.05) is 26.0 Å². The maximum Gasteiger partial charge on any atom is 0.401 e. The van der Waals surface area contributed by atoms with E-state index in [1.807, 2.05) is 24.3 Å². The lowest BCUT2D eigenvalue weighted by Crippen LogP contribution is -2.44. The molecule has 0 aliphatic carbocycles. The van der Waals surface area contributed by atoms with Crippen molar-refractivity contribution in [1.82, 2.24) is 15.5 Å². The number of aliphatic imine (C=N–C) groups is 1. The Hall–Kier alpha value is -1.23. The van der Waals surface area contributed by atoms with Crippen molar-refractivity contribution in [3.05, 3.63) is 29.8 Å². The van der Waals surface area contributed by atoms with Crippen molar-refractivity contribution in [1.29, 1.82) is 0 Å². The first-order valence-corrected chi connectivity index (χ1v) is 9.23. The van der Waals surface area contributed by atoms with Crippen molar-refractivity contribution < 1.29 is 17.9 Å². The number of ether oxygens (including phenoxy) is 1. The zero-order valence-electron chi connectivity index (χ0n) is 16.6. The van der Waals surface area contributed by atoms with Crippen LogP contribution in [0.1, 0.15) is 25.8 Å². The van der Waals surface area contributed by atoms with Gasteiger partial charge in [0, 0.05) is 32.7 Å². The summed E-state index contributed by atoms with van der Waals surface area (Å²) < 4.78 is 43.2. The van der Waals surface area contributed by atoms with Crippen LogP contribution in [-0.2, 0) is 6.54 Å². The van der Waals surface area contributed by atoms with Crippen LogP contribution < -0.4 is 15.4 Å². The van der Waals surface area contributed by atoms with Crippen molar-refractivity contribution >= 4 is 29.9 Å². The fraction of sp³-hybridized carbons (Fsp3) is 0.632. The molecule has 1 fully saturated rings. The van der Waals surface area contributed by atoms with Crippen LogP contribution in [-0.4, -0.2) is 56.4 Å². The molecule has 0 amide bonds. The number of alkyl halides is 3. The number of benzene rings is 1. The summed E-state index contributed by atoms with van der Waals surface area (Å²) in [5, 5.41) is 6.42. The molecule has 0 spiro atoms. The molecule has 0 aromatic heterocycles. The Bertz CT molecular complexity index is 625. The third-order valence-corrected chi connectivity index (χ3v) is 4.18. The van der Waals surface area contributed by atoms with Gasteiger partial charge in [-0.3, -0.25) is 9.89 Å². The third kappa shape index (κ3) is 9.31. The van der Waals surface area contributed by atoms with Gasteiger partial charge >= 0.3 is 6.18 Å². The quantitative estimate of drug-likeness (QED) is 0.332. The van der Waals surface area contributed by atoms with Gasteiger partial charge in [0.05, 0.1) is 13.2 Å². The Balaban J connectivity index is 0.00000392. The van der Waals surface area contributed by atoms with Gasteiger partial charge in [-0.05, 0) is 30.0 Å². The van der Waals surface area contributed by atoms with Gasteiger partial charge in [-0.15, -0.1) is 24.0 Å². The number of halogens is 4. The van der Waals surface area contributed by atoms with Gasteiger partial charge in [0.2, 0.25) is 0 Å². The van der Waals surface area contributed by atoms with E-state index in [9.17, 15) is 13.2 Å². The predicted octanol–water partition coefficient (Wildman–Crippen LogP) is 3.64. The molecular weight excluding hydrogens is 484 g/mol. The summed E-state index contributed by atoms with van der Waals surface area (Å²) in [7, 11) is 1.65. The molecule has 28 heavy (non-hydrogen) atoms. The lowest BCUT2D eigenvalue weighted by Gasteiger charge is -2.20. The number of rotatable bonds is 7. The maximum absolute atomic E-state index is 12.5. The molecule has 1 aliphatic heterocycles. The fourth-order valence-electron chi connectivity index (χ4n) is 2.93. The van der Waals surface area contributed by atoms with E-state index < -0.39 is 12.7 Å². The summed E-state index contributed by atoms with van der Waals surface area (Å²) in [5.74, 6) is 1.87. The van der Waals surface area contributed by atoms with Gasteiger partial charge in [0.15, 0.2) is 5.96 Å². The number of guanidine groups is 1. The minimum absolute atomic E-state index is 0. The van der Waals surface area contributed by atoms with Gasteiger partial charge < -0.3 is 15.4 Å². The van der Waals surface area contributed by atoms with Crippen molar-refractivity contribution in [3.8, 4) is 5.75 Å². The van der Waals surface area contributed by atoms with Crippen LogP contribution in [0.3, 0.4) is 0 Å². The second-order valence-electron chi connectivity index (χ2n) is 7.26. The van der Waals surface area contributed by atoms with E-state index in [1.54, 1.807) is 7.05 Å². The average molecular weight is 514 g/mol. The van der Waals surface area contributed by atoms with Crippen LogP contribution in [0.15, 0.2) is 29.3 Å². The average Bonchev–Trinajstić information content (AvgIpc) is 3.02. The number of nitrogens with one attached hydrogen (secondary N) is 2. The van der Waals surface area contributed by atoms with Crippen molar-refractivity contribution in [2.24, 2.45) is 10.9 Å². The zero-order valence-corrected chi connectivity index (χ0v) is 18.9. The standard InChI is InChI=1S/C19H29F3N4O.HI/c1-14(2)12-27-17-6-4-5-15(9-17)10-24-18(23-3)25-16-7-8-26(11-16)13-19(20,21)22;/h4-6,9,14,16H,7-8,10-13H2,1-3H3,(H2,23,24,25);1H. The summed E-state index contributed by atoms with van der Waals surface area (Å²) in [6.07, 6.45) is -3.49. The molecule has 1 atom stereocenters. The molecule has 1 aliphatic rings. The Morgan fingerprint density at radius 1 is 1.36 bits per heavy atom. The monoisotopic (exact) mass is 514 g/mol. The topological polar surface area (TPSA) is 48.9 Å². The molecule has 1 aromatic carbocycles. The molecule has 2 rings (SSSR count). The van der Waals surface area contributed by atoms with Crippen LogP contribution in [0, 0.1) is 5.92 Å². The van der Waals surface area contributed by atoms with Gasteiger partial charge in [-0.2, -0.15) is 13.2 Å². The highest BCUT2D eigenvalue weighted by molar-refractivity contribution is 14.0. The second kappa shape index (κ2) is 11.7. The van der Waals surface area contributed by atoms with Gasteiger partial charge in [0.1, 0.15) is 5.75 Å². The smallest absolute Gasteiger partial charge is 0.401 e. The summed E-state index contributed by atoms with van der Waals surface area (Å²) in [4.78, 5) is 5.59. The van der Waals surface area contributed by atoms with Crippen molar-refractivity contribution in [2.75, 3.05) is 33.3 Å². The normalized spacial score (nSPS) is 18.1. The van der Waals surface area contributed by atoms with E-state index in [-0.39, 0.29) is 30.0 Å². The molecule has 1 aromatic rings. The predicted molar refractivity (Wildman–Crippen MR) is 116 cm³/mol. The molecule has 160 valence electrons. The maximum atomic E-state index is 12.5. The second-order valence-corrected chi connectivity index (χ2v) is 7.26. The van der Waals surface area contributed by atoms with E-state index in [4.69, 9.17) is 4.74 Å². The molecule has 1 unspecified atom stereocenters. The molecular formula is C19H30F3IN4O. The Kier molecular flexibility index (Phi) is 10.4. The molecule has 1 saturated heterocycles. The highest BCUT2D eigenvalue weighted by atomic mass is 127. The first kappa shape index (κ1) is 24.8. The lowest BCUT2D eigenvalue weighted by atomic mass is 10.2. The van der Waals surface area contributed by atoms with Crippen molar-refractivity contribution in [2.45, 2.75) is 39.0 Å². The zero-order chi connectivity index (χ0) is 19.9. The lowest BCUT2D eigenvalue weighted by molar-refractivity contribution is -0.143.